The molecule has 0 bridgehead atoms. The van der Waals surface area contributed by atoms with Gasteiger partial charge in [-0.3, -0.25) is 0 Å². The molecule has 0 aliphatic carbocycles. The standard InChI is InChI=1S/C12H12F3NO/c1-8(2)7-17-11-4-3-9(6-16)5-10(11)12(13,14)15/h3-5,8H,7H2,1-2H3. The van der Waals surface area contributed by atoms with Crippen LogP contribution >= 0.6 is 0 Å². The van der Waals surface area contributed by atoms with Crippen molar-refractivity contribution in [1.82, 2.24) is 0 Å². The third-order valence-corrected chi connectivity index (χ3v) is 1.99. The van der Waals surface area contributed by atoms with Crippen LogP contribution in [0.5, 0.6) is 5.75 Å². The Kier molecular flexibility index (Phi) is 4.00. The van der Waals surface area contributed by atoms with Crippen molar-refractivity contribution in [1.29, 1.82) is 5.26 Å². The van der Waals surface area contributed by atoms with Crippen LogP contribution in [0.2, 0.25) is 0 Å². The van der Waals surface area contributed by atoms with Crippen molar-refractivity contribution in [3.63, 3.8) is 0 Å². The van der Waals surface area contributed by atoms with Gasteiger partial charge in [-0.1, -0.05) is 13.8 Å². The van der Waals surface area contributed by atoms with Crippen molar-refractivity contribution in [2.24, 2.45) is 5.92 Å². The van der Waals surface area contributed by atoms with Gasteiger partial charge in [0.25, 0.3) is 0 Å². The van der Waals surface area contributed by atoms with Gasteiger partial charge in [-0.2, -0.15) is 18.4 Å². The Bertz CT molecular complexity index is 432. The zero-order valence-corrected chi connectivity index (χ0v) is 9.51. The summed E-state index contributed by atoms with van der Waals surface area (Å²) in [5.41, 5.74) is -0.938. The van der Waals surface area contributed by atoms with E-state index >= 15 is 0 Å². The SMILES string of the molecule is CC(C)COc1ccc(C#N)cc1C(F)(F)F. The molecule has 0 aliphatic rings. The summed E-state index contributed by atoms with van der Waals surface area (Å²) in [6, 6.07) is 4.97. The highest BCUT2D eigenvalue weighted by Gasteiger charge is 2.34. The van der Waals surface area contributed by atoms with Crippen LogP contribution in [-0.4, -0.2) is 6.61 Å². The summed E-state index contributed by atoms with van der Waals surface area (Å²) in [5.74, 6) is -0.100. The summed E-state index contributed by atoms with van der Waals surface area (Å²) >= 11 is 0. The zero-order chi connectivity index (χ0) is 13.1. The van der Waals surface area contributed by atoms with Crippen molar-refractivity contribution in [2.45, 2.75) is 20.0 Å². The zero-order valence-electron chi connectivity index (χ0n) is 9.51. The summed E-state index contributed by atoms with van der Waals surface area (Å²) in [4.78, 5) is 0. The van der Waals surface area contributed by atoms with Gasteiger partial charge in [-0.25, -0.2) is 0 Å². The fraction of sp³-hybridized carbons (Fsp3) is 0.417. The largest absolute Gasteiger partial charge is 0.493 e. The Hall–Kier alpha value is -1.70. The van der Waals surface area contributed by atoms with E-state index in [-0.39, 0.29) is 23.8 Å². The highest BCUT2D eigenvalue weighted by Crippen LogP contribution is 2.36. The Morgan fingerprint density at radius 1 is 1.35 bits per heavy atom. The predicted molar refractivity (Wildman–Crippen MR) is 56.5 cm³/mol. The molecule has 0 radical (unpaired) electrons. The molecule has 0 atom stereocenters. The van der Waals surface area contributed by atoms with E-state index in [4.69, 9.17) is 10.00 Å². The third kappa shape index (κ3) is 3.66. The van der Waals surface area contributed by atoms with E-state index in [0.717, 1.165) is 6.07 Å². The fourth-order valence-electron chi connectivity index (χ4n) is 1.20. The topological polar surface area (TPSA) is 33.0 Å². The maximum atomic E-state index is 12.7. The lowest BCUT2D eigenvalue weighted by Gasteiger charge is -2.15. The molecule has 0 heterocycles. The number of benzene rings is 1. The molecule has 17 heavy (non-hydrogen) atoms. The quantitative estimate of drug-likeness (QED) is 0.812. The molecule has 0 fully saturated rings. The first kappa shape index (κ1) is 13.4. The number of ether oxygens (including phenoxy) is 1. The molecule has 1 aromatic carbocycles. The summed E-state index contributed by atoms with van der Waals surface area (Å²) in [5, 5.41) is 8.58. The lowest BCUT2D eigenvalue weighted by Crippen LogP contribution is -2.12. The third-order valence-electron chi connectivity index (χ3n) is 1.99. The summed E-state index contributed by atoms with van der Waals surface area (Å²) in [6.07, 6.45) is -4.51. The lowest BCUT2D eigenvalue weighted by molar-refractivity contribution is -0.139. The Balaban J connectivity index is 3.08. The maximum absolute atomic E-state index is 12.7. The Labute approximate surface area is 97.6 Å². The van der Waals surface area contributed by atoms with E-state index in [1.165, 1.54) is 12.1 Å². The van der Waals surface area contributed by atoms with Crippen molar-refractivity contribution in [3.8, 4) is 11.8 Å². The number of nitriles is 1. The van der Waals surface area contributed by atoms with Crippen LogP contribution in [0.4, 0.5) is 13.2 Å². The summed E-state index contributed by atoms with van der Waals surface area (Å²) in [6.45, 7) is 3.89. The van der Waals surface area contributed by atoms with Gasteiger partial charge in [0.05, 0.1) is 23.8 Å². The smallest absolute Gasteiger partial charge is 0.420 e. The second-order valence-corrected chi connectivity index (χ2v) is 4.03. The van der Waals surface area contributed by atoms with Crippen molar-refractivity contribution in [3.05, 3.63) is 29.3 Å². The average Bonchev–Trinajstić information content (AvgIpc) is 2.24. The van der Waals surface area contributed by atoms with Gasteiger partial charge < -0.3 is 4.74 Å². The molecular weight excluding hydrogens is 231 g/mol. The van der Waals surface area contributed by atoms with Crippen LogP contribution in [0.3, 0.4) is 0 Å². The van der Waals surface area contributed by atoms with E-state index in [1.54, 1.807) is 6.07 Å². The van der Waals surface area contributed by atoms with Gasteiger partial charge in [0.1, 0.15) is 5.75 Å². The van der Waals surface area contributed by atoms with E-state index in [9.17, 15) is 13.2 Å². The number of hydrogen-bond acceptors (Lipinski definition) is 2. The molecule has 0 saturated carbocycles. The average molecular weight is 243 g/mol. The molecule has 2 nitrogen and oxygen atoms in total. The molecule has 1 aromatic rings. The molecule has 0 amide bonds. The first-order valence-corrected chi connectivity index (χ1v) is 5.08. The van der Waals surface area contributed by atoms with Crippen molar-refractivity contribution >= 4 is 0 Å². The first-order chi connectivity index (χ1) is 7.84. The number of halogens is 3. The van der Waals surface area contributed by atoms with E-state index in [2.05, 4.69) is 0 Å². The van der Waals surface area contributed by atoms with E-state index in [1.807, 2.05) is 13.8 Å². The van der Waals surface area contributed by atoms with Crippen LogP contribution in [0.1, 0.15) is 25.0 Å². The van der Waals surface area contributed by atoms with Crippen molar-refractivity contribution < 1.29 is 17.9 Å². The summed E-state index contributed by atoms with van der Waals surface area (Å²) < 4.78 is 43.2. The fourth-order valence-corrected chi connectivity index (χ4v) is 1.20. The van der Waals surface area contributed by atoms with Crippen LogP contribution in [0.25, 0.3) is 0 Å². The minimum atomic E-state index is -4.51. The first-order valence-electron chi connectivity index (χ1n) is 5.08. The van der Waals surface area contributed by atoms with Gasteiger partial charge in [-0.05, 0) is 24.1 Å². The van der Waals surface area contributed by atoms with Gasteiger partial charge >= 0.3 is 6.18 Å². The van der Waals surface area contributed by atoms with Gasteiger partial charge in [0.15, 0.2) is 0 Å². The lowest BCUT2D eigenvalue weighted by atomic mass is 10.1. The number of alkyl halides is 3. The highest BCUT2D eigenvalue weighted by atomic mass is 19.4. The van der Waals surface area contributed by atoms with E-state index in [0.29, 0.717) is 0 Å². The monoisotopic (exact) mass is 243 g/mol. The molecule has 0 N–H and O–H groups in total. The highest BCUT2D eigenvalue weighted by molar-refractivity contribution is 5.43. The molecule has 0 spiro atoms. The molecule has 92 valence electrons. The molecular formula is C12H12F3NO. The number of nitrogens with zero attached hydrogens (tertiary/aromatic N) is 1. The van der Waals surface area contributed by atoms with Gasteiger partial charge in [0.2, 0.25) is 0 Å². The second-order valence-electron chi connectivity index (χ2n) is 4.03. The van der Waals surface area contributed by atoms with Crippen LogP contribution in [-0.2, 0) is 6.18 Å². The van der Waals surface area contributed by atoms with Gasteiger partial charge in [0, 0.05) is 0 Å². The molecule has 0 aromatic heterocycles. The van der Waals surface area contributed by atoms with Crippen LogP contribution in [0.15, 0.2) is 18.2 Å². The van der Waals surface area contributed by atoms with Gasteiger partial charge in [-0.15, -0.1) is 0 Å². The Morgan fingerprint density at radius 2 is 2.00 bits per heavy atom. The normalized spacial score (nSPS) is 11.4. The molecule has 0 saturated heterocycles. The second kappa shape index (κ2) is 5.09. The minimum Gasteiger partial charge on any atom is -0.493 e. The number of hydrogen-bond donors (Lipinski definition) is 0. The van der Waals surface area contributed by atoms with Crippen LogP contribution < -0.4 is 4.74 Å². The molecule has 5 heteroatoms. The maximum Gasteiger partial charge on any atom is 0.420 e. The minimum absolute atomic E-state index is 0.0331. The summed E-state index contributed by atoms with van der Waals surface area (Å²) in [7, 11) is 0. The Morgan fingerprint density at radius 3 is 2.47 bits per heavy atom. The predicted octanol–water partition coefficient (Wildman–Crippen LogP) is 3.61. The molecule has 1 rings (SSSR count). The van der Waals surface area contributed by atoms with E-state index < -0.39 is 11.7 Å². The molecule has 0 unspecified atom stereocenters. The van der Waals surface area contributed by atoms with Crippen molar-refractivity contribution in [2.75, 3.05) is 6.61 Å². The molecule has 0 aliphatic heterocycles. The number of rotatable bonds is 3. The van der Waals surface area contributed by atoms with Crippen LogP contribution in [0, 0.1) is 17.2 Å².